The zero-order valence-corrected chi connectivity index (χ0v) is 16.0. The van der Waals surface area contributed by atoms with Crippen molar-refractivity contribution in [3.63, 3.8) is 0 Å². The molecule has 0 aliphatic carbocycles. The number of carbonyl (C=O) groups is 2. The van der Waals surface area contributed by atoms with Crippen LogP contribution in [0.4, 0.5) is 0 Å². The molecule has 7 heteroatoms. The lowest BCUT2D eigenvalue weighted by Gasteiger charge is -2.24. The molecule has 28 heavy (non-hydrogen) atoms. The number of nitrogens with zero attached hydrogens (tertiary/aromatic N) is 2. The Balaban J connectivity index is 2.15. The number of methoxy groups -OCH3 is 2. The van der Waals surface area contributed by atoms with E-state index in [0.717, 1.165) is 5.56 Å². The van der Waals surface area contributed by atoms with E-state index in [-0.39, 0.29) is 24.5 Å². The molecular formula is C21H22N2O5. The van der Waals surface area contributed by atoms with Crippen molar-refractivity contribution in [2.75, 3.05) is 27.4 Å². The number of aryl methyl sites for hydroxylation is 1. The topological polar surface area (TPSA) is 89.0 Å². The SMILES string of the molecule is COCCN1C(=O)C(=O)C(=C(O)c2ccc(OC)c(C)c2)[C@@H]1c1ccncc1. The molecule has 0 bridgehead atoms. The molecule has 1 aliphatic heterocycles. The van der Waals surface area contributed by atoms with Gasteiger partial charge >= 0.3 is 0 Å². The van der Waals surface area contributed by atoms with Crippen molar-refractivity contribution in [2.45, 2.75) is 13.0 Å². The van der Waals surface area contributed by atoms with Crippen LogP contribution in [-0.4, -0.2) is 54.1 Å². The summed E-state index contributed by atoms with van der Waals surface area (Å²) in [5, 5.41) is 11.0. The average Bonchev–Trinajstić information content (AvgIpc) is 2.97. The molecule has 3 rings (SSSR count). The summed E-state index contributed by atoms with van der Waals surface area (Å²) < 4.78 is 10.3. The van der Waals surface area contributed by atoms with Gasteiger partial charge in [0, 0.05) is 31.6 Å². The highest BCUT2D eigenvalue weighted by Crippen LogP contribution is 2.39. The van der Waals surface area contributed by atoms with Gasteiger partial charge in [-0.15, -0.1) is 0 Å². The molecule has 146 valence electrons. The van der Waals surface area contributed by atoms with Gasteiger partial charge in [0.05, 0.1) is 25.3 Å². The van der Waals surface area contributed by atoms with Crippen LogP contribution in [0.2, 0.25) is 0 Å². The van der Waals surface area contributed by atoms with Crippen molar-refractivity contribution in [1.82, 2.24) is 9.88 Å². The highest BCUT2D eigenvalue weighted by atomic mass is 16.5. The molecule has 1 amide bonds. The zero-order chi connectivity index (χ0) is 20.3. The Kier molecular flexibility index (Phi) is 5.75. The quantitative estimate of drug-likeness (QED) is 0.469. The number of hydrogen-bond acceptors (Lipinski definition) is 6. The first-order valence-electron chi connectivity index (χ1n) is 8.81. The summed E-state index contributed by atoms with van der Waals surface area (Å²) in [6.45, 7) is 2.34. The first-order valence-corrected chi connectivity index (χ1v) is 8.81. The maximum Gasteiger partial charge on any atom is 0.295 e. The number of Topliss-reactive ketones (excluding diaryl/α,β-unsaturated/α-hetero) is 1. The lowest BCUT2D eigenvalue weighted by Crippen LogP contribution is -2.32. The van der Waals surface area contributed by atoms with Crippen LogP contribution in [-0.2, 0) is 14.3 Å². The highest BCUT2D eigenvalue weighted by molar-refractivity contribution is 6.46. The Morgan fingerprint density at radius 1 is 1.18 bits per heavy atom. The average molecular weight is 382 g/mol. The van der Waals surface area contributed by atoms with Gasteiger partial charge in [-0.3, -0.25) is 14.6 Å². The Hall–Kier alpha value is -3.19. The summed E-state index contributed by atoms with van der Waals surface area (Å²) in [7, 11) is 3.09. The van der Waals surface area contributed by atoms with Crippen LogP contribution in [0.1, 0.15) is 22.7 Å². The van der Waals surface area contributed by atoms with E-state index < -0.39 is 17.7 Å². The third kappa shape index (κ3) is 3.48. The minimum absolute atomic E-state index is 0.0527. The molecule has 1 aliphatic rings. The predicted molar refractivity (Wildman–Crippen MR) is 103 cm³/mol. The molecule has 0 unspecified atom stereocenters. The fourth-order valence-electron chi connectivity index (χ4n) is 3.37. The van der Waals surface area contributed by atoms with E-state index in [0.29, 0.717) is 16.9 Å². The lowest BCUT2D eigenvalue weighted by molar-refractivity contribution is -0.140. The normalized spacial score (nSPS) is 18.5. The third-order valence-corrected chi connectivity index (χ3v) is 4.77. The van der Waals surface area contributed by atoms with E-state index in [1.165, 1.54) is 12.0 Å². The molecule has 0 radical (unpaired) electrons. The minimum Gasteiger partial charge on any atom is -0.507 e. The van der Waals surface area contributed by atoms with Crippen molar-refractivity contribution in [1.29, 1.82) is 0 Å². The van der Waals surface area contributed by atoms with Crippen LogP contribution in [0, 0.1) is 6.92 Å². The number of ketones is 1. The minimum atomic E-state index is -0.719. The van der Waals surface area contributed by atoms with E-state index in [4.69, 9.17) is 9.47 Å². The standard InChI is InChI=1S/C21H22N2O5/c1-13-12-15(4-5-16(13)28-3)19(24)17-18(14-6-8-22-9-7-14)23(10-11-27-2)21(26)20(17)25/h4-9,12,18,24H,10-11H2,1-3H3/t18-/m0/s1. The molecule has 1 saturated heterocycles. The van der Waals surface area contributed by atoms with Gasteiger partial charge < -0.3 is 19.5 Å². The number of amides is 1. The molecule has 1 atom stereocenters. The largest absolute Gasteiger partial charge is 0.507 e. The number of aliphatic hydroxyl groups excluding tert-OH is 1. The van der Waals surface area contributed by atoms with Gasteiger partial charge in [0.1, 0.15) is 11.5 Å². The van der Waals surface area contributed by atoms with Crippen LogP contribution in [0.25, 0.3) is 5.76 Å². The molecule has 0 spiro atoms. The first-order chi connectivity index (χ1) is 13.5. The second-order valence-corrected chi connectivity index (χ2v) is 6.45. The molecule has 7 nitrogen and oxygen atoms in total. The van der Waals surface area contributed by atoms with E-state index in [1.54, 1.807) is 49.8 Å². The second-order valence-electron chi connectivity index (χ2n) is 6.45. The Bertz CT molecular complexity index is 924. The van der Waals surface area contributed by atoms with Crippen molar-refractivity contribution < 1.29 is 24.2 Å². The van der Waals surface area contributed by atoms with Crippen LogP contribution >= 0.6 is 0 Å². The fraction of sp³-hybridized carbons (Fsp3) is 0.286. The van der Waals surface area contributed by atoms with Gasteiger partial charge in [0.25, 0.3) is 11.7 Å². The maximum atomic E-state index is 12.8. The van der Waals surface area contributed by atoms with Gasteiger partial charge in [0.15, 0.2) is 0 Å². The summed E-state index contributed by atoms with van der Waals surface area (Å²) in [4.78, 5) is 30.9. The number of carbonyl (C=O) groups excluding carboxylic acids is 2. The van der Waals surface area contributed by atoms with Crippen molar-refractivity contribution in [3.8, 4) is 5.75 Å². The van der Waals surface area contributed by atoms with E-state index in [2.05, 4.69) is 4.98 Å². The Morgan fingerprint density at radius 3 is 2.50 bits per heavy atom. The summed E-state index contributed by atoms with van der Waals surface area (Å²) in [6, 6.07) is 7.84. The fourth-order valence-corrected chi connectivity index (χ4v) is 3.37. The maximum absolute atomic E-state index is 12.8. The number of aliphatic hydroxyl groups is 1. The molecule has 2 heterocycles. The van der Waals surface area contributed by atoms with Crippen molar-refractivity contribution in [3.05, 3.63) is 65.0 Å². The van der Waals surface area contributed by atoms with Crippen LogP contribution in [0.3, 0.4) is 0 Å². The number of pyridine rings is 1. The van der Waals surface area contributed by atoms with E-state index in [9.17, 15) is 14.7 Å². The van der Waals surface area contributed by atoms with Crippen molar-refractivity contribution >= 4 is 17.4 Å². The highest BCUT2D eigenvalue weighted by Gasteiger charge is 2.45. The molecule has 1 fully saturated rings. The molecule has 0 saturated carbocycles. The summed E-state index contributed by atoms with van der Waals surface area (Å²) in [6.07, 6.45) is 3.17. The predicted octanol–water partition coefficient (Wildman–Crippen LogP) is 2.47. The van der Waals surface area contributed by atoms with Gasteiger partial charge in [-0.2, -0.15) is 0 Å². The second kappa shape index (κ2) is 8.22. The molecule has 1 N–H and O–H groups in total. The summed E-state index contributed by atoms with van der Waals surface area (Å²) >= 11 is 0. The molecule has 1 aromatic heterocycles. The number of aromatic nitrogens is 1. The van der Waals surface area contributed by atoms with Gasteiger partial charge in [-0.1, -0.05) is 0 Å². The smallest absolute Gasteiger partial charge is 0.295 e. The van der Waals surface area contributed by atoms with Gasteiger partial charge in [0.2, 0.25) is 0 Å². The molecule has 1 aromatic carbocycles. The first kappa shape index (κ1) is 19.6. The van der Waals surface area contributed by atoms with Crippen LogP contribution < -0.4 is 4.74 Å². The Morgan fingerprint density at radius 2 is 1.89 bits per heavy atom. The third-order valence-electron chi connectivity index (χ3n) is 4.77. The number of benzene rings is 1. The molecule has 2 aromatic rings. The Labute approximate surface area is 163 Å². The van der Waals surface area contributed by atoms with Gasteiger partial charge in [-0.25, -0.2) is 0 Å². The van der Waals surface area contributed by atoms with E-state index in [1.807, 2.05) is 6.92 Å². The summed E-state index contributed by atoms with van der Waals surface area (Å²) in [5.41, 5.74) is 2.00. The zero-order valence-electron chi connectivity index (χ0n) is 16.0. The van der Waals surface area contributed by atoms with Gasteiger partial charge in [-0.05, 0) is 48.4 Å². The van der Waals surface area contributed by atoms with Crippen LogP contribution in [0.5, 0.6) is 5.75 Å². The lowest BCUT2D eigenvalue weighted by atomic mass is 9.95. The number of hydrogen-bond donors (Lipinski definition) is 1. The van der Waals surface area contributed by atoms with Crippen molar-refractivity contribution in [2.24, 2.45) is 0 Å². The monoisotopic (exact) mass is 382 g/mol. The summed E-state index contributed by atoms with van der Waals surface area (Å²) in [5.74, 6) is -0.928. The molecular weight excluding hydrogens is 360 g/mol. The number of ether oxygens (including phenoxy) is 2. The number of likely N-dealkylation sites (tertiary alicyclic amines) is 1. The van der Waals surface area contributed by atoms with E-state index >= 15 is 0 Å². The van der Waals surface area contributed by atoms with Crippen LogP contribution in [0.15, 0.2) is 48.3 Å². The number of rotatable bonds is 6.